The topological polar surface area (TPSA) is 15.7 Å². The molecule has 3 rings (SSSR count). The van der Waals surface area contributed by atoms with Crippen molar-refractivity contribution in [1.29, 1.82) is 0 Å². The van der Waals surface area contributed by atoms with Gasteiger partial charge in [0.25, 0.3) is 0 Å². The minimum absolute atomic E-state index is 0.166. The lowest BCUT2D eigenvalue weighted by Gasteiger charge is -2.47. The Bertz CT molecular complexity index is 938. The molecule has 0 bridgehead atoms. The van der Waals surface area contributed by atoms with Crippen LogP contribution in [0.25, 0.3) is 0 Å². The molecule has 1 heterocycles. The van der Waals surface area contributed by atoms with Gasteiger partial charge in [-0.25, -0.2) is 0 Å². The lowest BCUT2D eigenvalue weighted by atomic mass is 9.93. The summed E-state index contributed by atoms with van der Waals surface area (Å²) < 4.78 is 7.80. The van der Waals surface area contributed by atoms with Crippen molar-refractivity contribution >= 4 is 24.2 Å². The van der Waals surface area contributed by atoms with Gasteiger partial charge in [-0.15, -0.1) is 6.58 Å². The van der Waals surface area contributed by atoms with E-state index in [2.05, 4.69) is 129 Å². The van der Waals surface area contributed by atoms with Crippen LogP contribution in [-0.2, 0) is 0 Å². The van der Waals surface area contributed by atoms with Gasteiger partial charge in [0, 0.05) is 36.2 Å². The van der Waals surface area contributed by atoms with Crippen LogP contribution >= 0.6 is 15.9 Å². The minimum atomic E-state index is -1.91. The summed E-state index contributed by atoms with van der Waals surface area (Å²) in [6, 6.07) is 18.7. The molecular weight excluding hydrogens is 488 g/mol. The minimum Gasteiger partial charge on any atom is -0.543 e. The van der Waals surface area contributed by atoms with E-state index in [1.807, 2.05) is 6.08 Å². The van der Waals surface area contributed by atoms with Crippen molar-refractivity contribution in [1.82, 2.24) is 9.80 Å². The Morgan fingerprint density at radius 1 is 1.06 bits per heavy atom. The van der Waals surface area contributed by atoms with Crippen molar-refractivity contribution in [2.45, 2.75) is 70.9 Å². The zero-order valence-electron chi connectivity index (χ0n) is 21.4. The molecule has 0 radical (unpaired) electrons. The Morgan fingerprint density at radius 3 is 2.33 bits per heavy atom. The highest BCUT2D eigenvalue weighted by atomic mass is 79.9. The molecule has 2 aromatic rings. The fourth-order valence-corrected chi connectivity index (χ4v) is 5.71. The van der Waals surface area contributed by atoms with E-state index in [1.54, 1.807) is 0 Å². The van der Waals surface area contributed by atoms with Crippen molar-refractivity contribution in [3.63, 3.8) is 0 Å². The lowest BCUT2D eigenvalue weighted by molar-refractivity contribution is 0.0306. The molecule has 0 saturated carbocycles. The number of halogens is 1. The molecule has 3 nitrogen and oxygen atoms in total. The summed E-state index contributed by atoms with van der Waals surface area (Å²) in [5.74, 6) is 0.993. The van der Waals surface area contributed by atoms with Crippen LogP contribution < -0.4 is 4.43 Å². The monoisotopic (exact) mass is 528 g/mol. The van der Waals surface area contributed by atoms with E-state index in [0.717, 1.165) is 29.9 Å². The number of benzene rings is 2. The zero-order valence-corrected chi connectivity index (χ0v) is 24.0. The summed E-state index contributed by atoms with van der Waals surface area (Å²) in [5.41, 5.74) is 2.61. The van der Waals surface area contributed by atoms with E-state index in [-0.39, 0.29) is 11.1 Å². The maximum absolute atomic E-state index is 6.69. The third-order valence-corrected chi connectivity index (χ3v) is 12.3. The third kappa shape index (κ3) is 6.19. The van der Waals surface area contributed by atoms with Crippen LogP contribution in [0.5, 0.6) is 5.75 Å². The van der Waals surface area contributed by atoms with E-state index >= 15 is 0 Å². The average Bonchev–Trinajstić information content (AvgIpc) is 2.72. The fraction of sp³-hybridized carbons (Fsp3) is 0.500. The molecular formula is C28H41BrN2OSi. The number of hydrogen-bond acceptors (Lipinski definition) is 3. The number of nitrogens with zero attached hydrogens (tertiary/aromatic N) is 2. The van der Waals surface area contributed by atoms with Gasteiger partial charge in [-0.05, 0) is 67.4 Å². The molecule has 0 aromatic heterocycles. The zero-order chi connectivity index (χ0) is 24.4. The van der Waals surface area contributed by atoms with E-state index in [4.69, 9.17) is 4.43 Å². The Kier molecular flexibility index (Phi) is 8.31. The van der Waals surface area contributed by atoms with Gasteiger partial charge in [-0.2, -0.15) is 0 Å². The molecule has 0 spiro atoms. The Hall–Kier alpha value is -1.40. The summed E-state index contributed by atoms with van der Waals surface area (Å²) in [7, 11) is -1.91. The smallest absolute Gasteiger partial charge is 0.250 e. The first kappa shape index (κ1) is 26.2. The normalized spacial score (nSPS) is 21.6. The van der Waals surface area contributed by atoms with Crippen LogP contribution in [-0.4, -0.2) is 49.8 Å². The molecule has 1 aliphatic heterocycles. The molecule has 180 valence electrons. The maximum Gasteiger partial charge on any atom is 0.250 e. The second kappa shape index (κ2) is 10.5. The molecule has 0 N–H and O–H groups in total. The van der Waals surface area contributed by atoms with Crippen LogP contribution in [0.1, 0.15) is 51.8 Å². The van der Waals surface area contributed by atoms with Crippen molar-refractivity contribution in [3.8, 4) is 5.75 Å². The van der Waals surface area contributed by atoms with E-state index in [9.17, 15) is 0 Å². The van der Waals surface area contributed by atoms with Crippen LogP contribution in [0.3, 0.4) is 0 Å². The predicted octanol–water partition coefficient (Wildman–Crippen LogP) is 7.50. The molecule has 2 aromatic carbocycles. The van der Waals surface area contributed by atoms with Crippen LogP contribution in [0.2, 0.25) is 18.1 Å². The number of rotatable bonds is 7. The van der Waals surface area contributed by atoms with Gasteiger partial charge in [0.2, 0.25) is 8.32 Å². The number of piperazine rings is 1. The summed E-state index contributed by atoms with van der Waals surface area (Å²) >= 11 is 3.61. The SMILES string of the molecule is C=CCN1C[C@H](C)N([C@H](c2ccc(Br)cc2)c2cccc(O[Si](C)(C)C(C)(C)C)c2)C[C@H]1C. The van der Waals surface area contributed by atoms with Crippen LogP contribution in [0.4, 0.5) is 0 Å². The quantitative estimate of drug-likeness (QED) is 0.273. The van der Waals surface area contributed by atoms with E-state index < -0.39 is 8.32 Å². The van der Waals surface area contributed by atoms with Gasteiger partial charge in [0.1, 0.15) is 5.75 Å². The second-order valence-electron chi connectivity index (χ2n) is 11.0. The summed E-state index contributed by atoms with van der Waals surface area (Å²) in [6.07, 6.45) is 2.02. The third-order valence-electron chi connectivity index (χ3n) is 7.40. The molecule has 0 unspecified atom stereocenters. The van der Waals surface area contributed by atoms with Crippen molar-refractivity contribution in [3.05, 3.63) is 76.8 Å². The standard InChI is InChI=1S/C28H41BrN2OSi/c1-9-17-30-19-22(3)31(20-21(30)2)27(23-13-15-25(29)16-14-23)24-11-10-12-26(18-24)32-33(7,8)28(4,5)6/h9-16,18,21-22,27H,1,17,19-20H2,2-8H3/t21-,22+,27-/m1/s1. The van der Waals surface area contributed by atoms with Gasteiger partial charge in [-0.1, -0.05) is 67.0 Å². The summed E-state index contributed by atoms with van der Waals surface area (Å²) in [5, 5.41) is 0.166. The van der Waals surface area contributed by atoms with Gasteiger partial charge in [0.15, 0.2) is 0 Å². The summed E-state index contributed by atoms with van der Waals surface area (Å²) in [4.78, 5) is 5.20. The second-order valence-corrected chi connectivity index (χ2v) is 16.7. The largest absolute Gasteiger partial charge is 0.543 e. The molecule has 1 saturated heterocycles. The highest BCUT2D eigenvalue weighted by Gasteiger charge is 2.39. The van der Waals surface area contributed by atoms with E-state index in [0.29, 0.717) is 12.1 Å². The molecule has 0 aliphatic carbocycles. The van der Waals surface area contributed by atoms with Gasteiger partial charge in [0.05, 0.1) is 6.04 Å². The Morgan fingerprint density at radius 2 is 1.73 bits per heavy atom. The first-order chi connectivity index (χ1) is 15.4. The van der Waals surface area contributed by atoms with E-state index in [1.165, 1.54) is 11.1 Å². The van der Waals surface area contributed by atoms with Crippen LogP contribution in [0, 0.1) is 0 Å². The Labute approximate surface area is 211 Å². The molecule has 0 amide bonds. The van der Waals surface area contributed by atoms with Crippen molar-refractivity contribution in [2.24, 2.45) is 0 Å². The molecule has 1 fully saturated rings. The molecule has 33 heavy (non-hydrogen) atoms. The van der Waals surface area contributed by atoms with Crippen LogP contribution in [0.15, 0.2) is 65.7 Å². The molecule has 3 atom stereocenters. The molecule has 1 aliphatic rings. The lowest BCUT2D eigenvalue weighted by Crippen LogP contribution is -2.57. The first-order valence-electron chi connectivity index (χ1n) is 12.1. The average molecular weight is 530 g/mol. The van der Waals surface area contributed by atoms with Crippen molar-refractivity contribution < 1.29 is 4.43 Å². The first-order valence-corrected chi connectivity index (χ1v) is 15.8. The maximum atomic E-state index is 6.69. The van der Waals surface area contributed by atoms with Gasteiger partial charge in [-0.3, -0.25) is 9.80 Å². The summed E-state index contributed by atoms with van der Waals surface area (Å²) in [6.45, 7) is 23.1. The van der Waals surface area contributed by atoms with Crippen molar-refractivity contribution in [2.75, 3.05) is 19.6 Å². The van der Waals surface area contributed by atoms with Gasteiger partial charge < -0.3 is 4.43 Å². The fourth-order valence-electron chi connectivity index (χ4n) is 4.42. The van der Waals surface area contributed by atoms with Gasteiger partial charge >= 0.3 is 0 Å². The predicted molar refractivity (Wildman–Crippen MR) is 148 cm³/mol. The Balaban J connectivity index is 1.99. The molecule has 5 heteroatoms. The highest BCUT2D eigenvalue weighted by Crippen LogP contribution is 2.39. The highest BCUT2D eigenvalue weighted by molar-refractivity contribution is 9.10. The number of hydrogen-bond donors (Lipinski definition) is 0.